The number of benzene rings is 2. The molecule has 0 aliphatic heterocycles. The van der Waals surface area contributed by atoms with Crippen LogP contribution in [-0.4, -0.2) is 12.0 Å². The van der Waals surface area contributed by atoms with Crippen LogP contribution >= 0.6 is 27.5 Å². The van der Waals surface area contributed by atoms with Gasteiger partial charge in [0, 0.05) is 4.47 Å². The highest BCUT2D eigenvalue weighted by atomic mass is 79.9. The third-order valence-electron chi connectivity index (χ3n) is 2.67. The van der Waals surface area contributed by atoms with Crippen molar-refractivity contribution in [3.8, 4) is 5.75 Å². The van der Waals surface area contributed by atoms with E-state index in [9.17, 15) is 9.18 Å². The van der Waals surface area contributed by atoms with Gasteiger partial charge >= 0.3 is 0 Å². The van der Waals surface area contributed by atoms with E-state index >= 15 is 0 Å². The Hall–Kier alpha value is -1.59. The van der Waals surface area contributed by atoms with Crippen molar-refractivity contribution in [2.75, 3.05) is 5.32 Å². The van der Waals surface area contributed by atoms with Gasteiger partial charge < -0.3 is 10.1 Å². The van der Waals surface area contributed by atoms with Crippen molar-refractivity contribution in [3.05, 3.63) is 57.8 Å². The SMILES string of the molecule is C[C@H](Oc1cccc(Br)c1)C(=O)Nc1ccc(F)cc1Cl. The third kappa shape index (κ3) is 4.44. The molecule has 0 aliphatic carbocycles. The van der Waals surface area contributed by atoms with E-state index in [1.807, 2.05) is 6.07 Å². The standard InChI is InChI=1S/C15H12BrClFNO2/c1-9(21-12-4-2-3-10(16)7-12)15(20)19-14-6-5-11(18)8-13(14)17/h2-9H,1H3,(H,19,20)/t9-/m0/s1. The van der Waals surface area contributed by atoms with Gasteiger partial charge in [0.1, 0.15) is 11.6 Å². The number of hydrogen-bond acceptors (Lipinski definition) is 2. The number of nitrogens with one attached hydrogen (secondary N) is 1. The van der Waals surface area contributed by atoms with Gasteiger partial charge in [0.15, 0.2) is 6.10 Å². The molecule has 0 bridgehead atoms. The van der Waals surface area contributed by atoms with Crippen molar-refractivity contribution in [2.45, 2.75) is 13.0 Å². The largest absolute Gasteiger partial charge is 0.481 e. The number of carbonyl (C=O) groups excluding carboxylic acids is 1. The minimum atomic E-state index is -0.722. The van der Waals surface area contributed by atoms with E-state index in [0.717, 1.165) is 10.5 Å². The first-order valence-corrected chi connectivity index (χ1v) is 7.31. The summed E-state index contributed by atoms with van der Waals surface area (Å²) in [4.78, 5) is 12.0. The molecule has 0 saturated heterocycles. The summed E-state index contributed by atoms with van der Waals surface area (Å²) >= 11 is 9.18. The lowest BCUT2D eigenvalue weighted by molar-refractivity contribution is -0.122. The molecule has 0 fully saturated rings. The number of anilines is 1. The van der Waals surface area contributed by atoms with Crippen LogP contribution in [0.4, 0.5) is 10.1 Å². The van der Waals surface area contributed by atoms with Crippen LogP contribution in [0.3, 0.4) is 0 Å². The van der Waals surface area contributed by atoms with E-state index in [-0.39, 0.29) is 10.9 Å². The van der Waals surface area contributed by atoms with Crippen molar-refractivity contribution in [1.82, 2.24) is 0 Å². The predicted octanol–water partition coefficient (Wildman–Crippen LogP) is 4.65. The normalized spacial score (nSPS) is 11.8. The summed E-state index contributed by atoms with van der Waals surface area (Å²) < 4.78 is 19.3. The fraction of sp³-hybridized carbons (Fsp3) is 0.133. The van der Waals surface area contributed by atoms with E-state index in [2.05, 4.69) is 21.2 Å². The van der Waals surface area contributed by atoms with Crippen molar-refractivity contribution in [3.63, 3.8) is 0 Å². The predicted molar refractivity (Wildman–Crippen MR) is 84.3 cm³/mol. The van der Waals surface area contributed by atoms with E-state index in [1.165, 1.54) is 12.1 Å². The summed E-state index contributed by atoms with van der Waals surface area (Å²) in [5, 5.41) is 2.73. The molecule has 2 aromatic rings. The molecule has 110 valence electrons. The molecule has 1 N–H and O–H groups in total. The van der Waals surface area contributed by atoms with Crippen LogP contribution in [0.15, 0.2) is 46.9 Å². The first-order valence-electron chi connectivity index (χ1n) is 6.14. The van der Waals surface area contributed by atoms with E-state index in [4.69, 9.17) is 16.3 Å². The molecule has 21 heavy (non-hydrogen) atoms. The highest BCUT2D eigenvalue weighted by molar-refractivity contribution is 9.10. The molecule has 0 heterocycles. The van der Waals surface area contributed by atoms with Crippen LogP contribution in [0.25, 0.3) is 0 Å². The van der Waals surface area contributed by atoms with Gasteiger partial charge in [0.05, 0.1) is 10.7 Å². The second-order valence-corrected chi connectivity index (χ2v) is 5.65. The van der Waals surface area contributed by atoms with Gasteiger partial charge in [0.25, 0.3) is 5.91 Å². The van der Waals surface area contributed by atoms with Gasteiger partial charge in [-0.15, -0.1) is 0 Å². The Labute approximate surface area is 135 Å². The molecule has 0 aliphatic rings. The highest BCUT2D eigenvalue weighted by Gasteiger charge is 2.16. The van der Waals surface area contributed by atoms with Gasteiger partial charge in [-0.1, -0.05) is 33.6 Å². The average Bonchev–Trinajstić information content (AvgIpc) is 2.41. The van der Waals surface area contributed by atoms with Crippen LogP contribution in [0.2, 0.25) is 5.02 Å². The smallest absolute Gasteiger partial charge is 0.265 e. The molecule has 1 amide bonds. The maximum absolute atomic E-state index is 12.9. The van der Waals surface area contributed by atoms with Crippen LogP contribution in [0.5, 0.6) is 5.75 Å². The molecule has 0 spiro atoms. The molecular weight excluding hydrogens is 361 g/mol. The Morgan fingerprint density at radius 2 is 2.10 bits per heavy atom. The lowest BCUT2D eigenvalue weighted by Crippen LogP contribution is -2.30. The average molecular weight is 373 g/mol. The van der Waals surface area contributed by atoms with Gasteiger partial charge in [0.2, 0.25) is 0 Å². The second kappa shape index (κ2) is 6.91. The Morgan fingerprint density at radius 3 is 2.76 bits per heavy atom. The van der Waals surface area contributed by atoms with E-state index in [1.54, 1.807) is 25.1 Å². The highest BCUT2D eigenvalue weighted by Crippen LogP contribution is 2.23. The van der Waals surface area contributed by atoms with Crippen LogP contribution in [0.1, 0.15) is 6.92 Å². The second-order valence-electron chi connectivity index (χ2n) is 4.33. The van der Waals surface area contributed by atoms with Gasteiger partial charge in [-0.2, -0.15) is 0 Å². The summed E-state index contributed by atoms with van der Waals surface area (Å²) in [5.41, 5.74) is 0.341. The van der Waals surface area contributed by atoms with Crippen molar-refractivity contribution >= 4 is 39.1 Å². The molecule has 0 unspecified atom stereocenters. The quantitative estimate of drug-likeness (QED) is 0.848. The van der Waals surface area contributed by atoms with Gasteiger partial charge in [-0.25, -0.2) is 4.39 Å². The molecule has 3 nitrogen and oxygen atoms in total. The minimum Gasteiger partial charge on any atom is -0.481 e. The summed E-state index contributed by atoms with van der Waals surface area (Å²) in [6.07, 6.45) is -0.722. The molecule has 2 rings (SSSR count). The Bertz CT molecular complexity index is 666. The molecule has 1 atom stereocenters. The van der Waals surface area contributed by atoms with Crippen molar-refractivity contribution in [1.29, 1.82) is 0 Å². The molecular formula is C15H12BrClFNO2. The number of carbonyl (C=O) groups is 1. The molecule has 0 radical (unpaired) electrons. The van der Waals surface area contributed by atoms with Gasteiger partial charge in [-0.3, -0.25) is 4.79 Å². The fourth-order valence-electron chi connectivity index (χ4n) is 1.62. The van der Waals surface area contributed by atoms with Crippen molar-refractivity contribution < 1.29 is 13.9 Å². The lowest BCUT2D eigenvalue weighted by Gasteiger charge is -2.15. The first kappa shape index (κ1) is 15.8. The number of hydrogen-bond donors (Lipinski definition) is 1. The van der Waals surface area contributed by atoms with Gasteiger partial charge in [-0.05, 0) is 43.3 Å². The summed E-state index contributed by atoms with van der Waals surface area (Å²) in [6, 6.07) is 10.9. The monoisotopic (exact) mass is 371 g/mol. The lowest BCUT2D eigenvalue weighted by atomic mass is 10.3. The zero-order valence-corrected chi connectivity index (χ0v) is 13.4. The molecule has 0 aromatic heterocycles. The first-order chi connectivity index (χ1) is 9.95. The molecule has 0 saturated carbocycles. The maximum atomic E-state index is 12.9. The number of rotatable bonds is 4. The maximum Gasteiger partial charge on any atom is 0.265 e. The van der Waals surface area contributed by atoms with Crippen molar-refractivity contribution in [2.24, 2.45) is 0 Å². The Balaban J connectivity index is 2.02. The topological polar surface area (TPSA) is 38.3 Å². The zero-order valence-electron chi connectivity index (χ0n) is 11.1. The summed E-state index contributed by atoms with van der Waals surface area (Å²) in [6.45, 7) is 1.62. The van der Waals surface area contributed by atoms with E-state index < -0.39 is 11.9 Å². The number of amides is 1. The molecule has 2 aromatic carbocycles. The van der Waals surface area contributed by atoms with E-state index in [0.29, 0.717) is 11.4 Å². The molecule has 6 heteroatoms. The summed E-state index contributed by atoms with van der Waals surface area (Å²) in [7, 11) is 0. The zero-order chi connectivity index (χ0) is 15.4. The summed E-state index contributed by atoms with van der Waals surface area (Å²) in [5.74, 6) is -0.267. The minimum absolute atomic E-state index is 0.137. The number of ether oxygens (including phenoxy) is 1. The van der Waals surface area contributed by atoms with Crippen LogP contribution in [-0.2, 0) is 4.79 Å². The van der Waals surface area contributed by atoms with Crippen LogP contribution in [0, 0.1) is 5.82 Å². The Morgan fingerprint density at radius 1 is 1.33 bits per heavy atom. The number of halogens is 3. The third-order valence-corrected chi connectivity index (χ3v) is 3.47. The van der Waals surface area contributed by atoms with Crippen LogP contribution < -0.4 is 10.1 Å². The fourth-order valence-corrected chi connectivity index (χ4v) is 2.22. The Kier molecular flexibility index (Phi) is 5.20.